The van der Waals surface area contributed by atoms with E-state index in [0.717, 1.165) is 44.1 Å². The molecule has 3 atom stereocenters. The second-order valence-electron chi connectivity index (χ2n) is 7.39. The van der Waals surface area contributed by atoms with E-state index in [-0.39, 0.29) is 11.7 Å². The Morgan fingerprint density at radius 2 is 1.82 bits per heavy atom. The molecule has 6 heteroatoms. The molecular weight excluding hydrogens is 300 g/mol. The van der Waals surface area contributed by atoms with Gasteiger partial charge in [0.25, 0.3) is 0 Å². The lowest BCUT2D eigenvalue weighted by Crippen LogP contribution is -2.53. The maximum absolute atomic E-state index is 12.2. The van der Waals surface area contributed by atoms with Crippen LogP contribution >= 0.6 is 0 Å². The van der Waals surface area contributed by atoms with Crippen molar-refractivity contribution < 1.29 is 13.2 Å². The largest absolute Gasteiger partial charge is 0.340 e. The number of rotatable bonds is 5. The standard InChI is InChI=1S/C16H28N2O3S/c1-22(20,21)10-2-3-16(19)18-8-6-17(7-9-18)15-12-13-4-5-14(15)11-13/h13-15H,2-12H2,1H3/t13-,14-,15-/m1/s1. The lowest BCUT2D eigenvalue weighted by Gasteiger charge is -2.41. The van der Waals surface area contributed by atoms with Gasteiger partial charge in [0.1, 0.15) is 9.84 Å². The molecule has 1 aliphatic heterocycles. The zero-order valence-corrected chi connectivity index (χ0v) is 14.4. The van der Waals surface area contributed by atoms with E-state index in [1.165, 1.54) is 31.9 Å². The number of hydrogen-bond acceptors (Lipinski definition) is 4. The Labute approximate surface area is 134 Å². The zero-order chi connectivity index (χ0) is 15.7. The molecular formula is C16H28N2O3S. The van der Waals surface area contributed by atoms with E-state index in [4.69, 9.17) is 0 Å². The van der Waals surface area contributed by atoms with Crippen molar-refractivity contribution in [2.24, 2.45) is 11.8 Å². The molecule has 2 bridgehead atoms. The highest BCUT2D eigenvalue weighted by molar-refractivity contribution is 7.90. The summed E-state index contributed by atoms with van der Waals surface area (Å²) in [5, 5.41) is 0. The van der Waals surface area contributed by atoms with E-state index in [1.54, 1.807) is 0 Å². The highest BCUT2D eigenvalue weighted by atomic mass is 32.2. The smallest absolute Gasteiger partial charge is 0.222 e. The Morgan fingerprint density at radius 3 is 2.36 bits per heavy atom. The molecule has 2 aliphatic carbocycles. The molecule has 0 aromatic heterocycles. The van der Waals surface area contributed by atoms with Crippen molar-refractivity contribution in [3.8, 4) is 0 Å². The molecule has 5 nitrogen and oxygen atoms in total. The van der Waals surface area contributed by atoms with Gasteiger partial charge in [-0.25, -0.2) is 8.42 Å². The molecule has 22 heavy (non-hydrogen) atoms. The van der Waals surface area contributed by atoms with Gasteiger partial charge in [-0.3, -0.25) is 9.69 Å². The molecule has 0 aromatic rings. The molecule has 0 radical (unpaired) electrons. The summed E-state index contributed by atoms with van der Waals surface area (Å²) in [6.07, 6.45) is 7.67. The topological polar surface area (TPSA) is 57.7 Å². The Bertz CT molecular complexity index is 511. The summed E-state index contributed by atoms with van der Waals surface area (Å²) in [4.78, 5) is 16.7. The molecule has 0 unspecified atom stereocenters. The van der Waals surface area contributed by atoms with Crippen LogP contribution in [-0.2, 0) is 14.6 Å². The number of hydrogen-bond donors (Lipinski definition) is 0. The first kappa shape index (κ1) is 16.2. The summed E-state index contributed by atoms with van der Waals surface area (Å²) in [7, 11) is -2.95. The molecule has 3 aliphatic rings. The lowest BCUT2D eigenvalue weighted by atomic mass is 9.93. The molecule has 0 N–H and O–H groups in total. The van der Waals surface area contributed by atoms with Crippen molar-refractivity contribution in [3.63, 3.8) is 0 Å². The van der Waals surface area contributed by atoms with E-state index in [9.17, 15) is 13.2 Å². The van der Waals surface area contributed by atoms with Crippen LogP contribution in [0.3, 0.4) is 0 Å². The fourth-order valence-corrected chi connectivity index (χ4v) is 5.27. The summed E-state index contributed by atoms with van der Waals surface area (Å²) in [5.74, 6) is 2.10. The van der Waals surface area contributed by atoms with Gasteiger partial charge in [0.05, 0.1) is 5.75 Å². The fourth-order valence-electron chi connectivity index (χ4n) is 4.61. The summed E-state index contributed by atoms with van der Waals surface area (Å²) in [6, 6.07) is 0.765. The summed E-state index contributed by atoms with van der Waals surface area (Å²) >= 11 is 0. The molecule has 0 aromatic carbocycles. The molecule has 1 saturated heterocycles. The zero-order valence-electron chi connectivity index (χ0n) is 13.5. The van der Waals surface area contributed by atoms with Crippen LogP contribution in [0.1, 0.15) is 38.5 Å². The SMILES string of the molecule is CS(=O)(=O)CCCC(=O)N1CCN([C@@H]2C[C@@H]3CC[C@@H]2C3)CC1. The average molecular weight is 328 g/mol. The van der Waals surface area contributed by atoms with Gasteiger partial charge in [0, 0.05) is 44.9 Å². The number of carbonyl (C=O) groups is 1. The maximum Gasteiger partial charge on any atom is 0.222 e. The predicted molar refractivity (Wildman–Crippen MR) is 86.3 cm³/mol. The Hall–Kier alpha value is -0.620. The van der Waals surface area contributed by atoms with E-state index in [1.807, 2.05) is 4.90 Å². The van der Waals surface area contributed by atoms with Crippen LogP contribution in [-0.4, -0.2) is 68.4 Å². The first-order chi connectivity index (χ1) is 10.4. The molecule has 2 saturated carbocycles. The second kappa shape index (κ2) is 6.48. The Morgan fingerprint density at radius 1 is 1.09 bits per heavy atom. The van der Waals surface area contributed by atoms with Crippen molar-refractivity contribution in [2.75, 3.05) is 38.2 Å². The van der Waals surface area contributed by atoms with Crippen molar-refractivity contribution in [2.45, 2.75) is 44.6 Å². The monoisotopic (exact) mass is 328 g/mol. The summed E-state index contributed by atoms with van der Waals surface area (Å²) < 4.78 is 22.2. The van der Waals surface area contributed by atoms with Gasteiger partial charge in [-0.15, -0.1) is 0 Å². The number of nitrogens with zero attached hydrogens (tertiary/aromatic N) is 2. The number of carbonyl (C=O) groups excluding carboxylic acids is 1. The first-order valence-electron chi connectivity index (χ1n) is 8.62. The highest BCUT2D eigenvalue weighted by Crippen LogP contribution is 2.46. The molecule has 3 fully saturated rings. The highest BCUT2D eigenvalue weighted by Gasteiger charge is 2.42. The van der Waals surface area contributed by atoms with Crippen LogP contribution in [0, 0.1) is 11.8 Å². The van der Waals surface area contributed by atoms with Gasteiger partial charge in [-0.2, -0.15) is 0 Å². The molecule has 126 valence electrons. The molecule has 1 heterocycles. The summed E-state index contributed by atoms with van der Waals surface area (Å²) in [6.45, 7) is 3.61. The normalized spacial score (nSPS) is 32.6. The van der Waals surface area contributed by atoms with Crippen LogP contribution in [0.5, 0.6) is 0 Å². The number of sulfone groups is 1. The Kier molecular flexibility index (Phi) is 4.78. The molecule has 1 amide bonds. The average Bonchev–Trinajstić information content (AvgIpc) is 3.08. The fraction of sp³-hybridized carbons (Fsp3) is 0.938. The van der Waals surface area contributed by atoms with E-state index < -0.39 is 9.84 Å². The minimum atomic E-state index is -2.95. The van der Waals surface area contributed by atoms with Gasteiger partial charge in [0.2, 0.25) is 5.91 Å². The van der Waals surface area contributed by atoms with Crippen molar-refractivity contribution in [1.29, 1.82) is 0 Å². The van der Waals surface area contributed by atoms with Crippen molar-refractivity contribution in [3.05, 3.63) is 0 Å². The van der Waals surface area contributed by atoms with Crippen LogP contribution < -0.4 is 0 Å². The lowest BCUT2D eigenvalue weighted by molar-refractivity contribution is -0.133. The third-order valence-corrected chi connectivity index (χ3v) is 6.77. The number of amides is 1. The third kappa shape index (κ3) is 3.82. The van der Waals surface area contributed by atoms with Gasteiger partial charge >= 0.3 is 0 Å². The van der Waals surface area contributed by atoms with Crippen LogP contribution in [0.2, 0.25) is 0 Å². The van der Waals surface area contributed by atoms with Gasteiger partial charge in [0.15, 0.2) is 0 Å². The van der Waals surface area contributed by atoms with Crippen LogP contribution in [0.25, 0.3) is 0 Å². The van der Waals surface area contributed by atoms with Gasteiger partial charge in [-0.1, -0.05) is 6.42 Å². The van der Waals surface area contributed by atoms with E-state index in [0.29, 0.717) is 12.8 Å². The quantitative estimate of drug-likeness (QED) is 0.759. The third-order valence-electron chi connectivity index (χ3n) is 5.74. The van der Waals surface area contributed by atoms with Gasteiger partial charge < -0.3 is 4.90 Å². The van der Waals surface area contributed by atoms with Crippen molar-refractivity contribution in [1.82, 2.24) is 9.80 Å². The maximum atomic E-state index is 12.2. The van der Waals surface area contributed by atoms with Crippen molar-refractivity contribution >= 4 is 15.7 Å². The van der Waals surface area contributed by atoms with Crippen LogP contribution in [0.4, 0.5) is 0 Å². The van der Waals surface area contributed by atoms with Gasteiger partial charge in [-0.05, 0) is 37.5 Å². The van der Waals surface area contributed by atoms with E-state index >= 15 is 0 Å². The summed E-state index contributed by atoms with van der Waals surface area (Å²) in [5.41, 5.74) is 0. The van der Waals surface area contributed by atoms with Crippen LogP contribution in [0.15, 0.2) is 0 Å². The van der Waals surface area contributed by atoms with E-state index in [2.05, 4.69) is 4.90 Å². The number of piperazine rings is 1. The second-order valence-corrected chi connectivity index (χ2v) is 9.65. The molecule has 0 spiro atoms. The molecule has 3 rings (SSSR count). The predicted octanol–water partition coefficient (Wildman–Crippen LogP) is 1.14. The Balaban J connectivity index is 1.41. The minimum Gasteiger partial charge on any atom is -0.340 e. The first-order valence-corrected chi connectivity index (χ1v) is 10.7. The number of fused-ring (bicyclic) bond motifs is 2. The minimum absolute atomic E-state index is 0.115.